The van der Waals surface area contributed by atoms with E-state index in [0.717, 1.165) is 0 Å². The third-order valence-electron chi connectivity index (χ3n) is 1.51. The van der Waals surface area contributed by atoms with E-state index in [0.29, 0.717) is 0 Å². The van der Waals surface area contributed by atoms with Crippen LogP contribution in [0.3, 0.4) is 0 Å². The molecule has 13 heavy (non-hydrogen) atoms. The molecule has 0 rings (SSSR count). The quantitative estimate of drug-likeness (QED) is 0.459. The maximum atomic E-state index is 5.42. The van der Waals surface area contributed by atoms with Crippen LogP contribution in [-0.4, -0.2) is 36.1 Å². The molecular weight excluding hydrogens is 188 g/mol. The van der Waals surface area contributed by atoms with Crippen molar-refractivity contribution in [3.8, 4) is 0 Å². The SMILES string of the molecule is C=C[SiH](OC(C)OC)OC(C)OC. The normalized spacial score (nSPS) is 17.8. The van der Waals surface area contributed by atoms with Gasteiger partial charge in [0.05, 0.1) is 0 Å². The third kappa shape index (κ3) is 5.95. The van der Waals surface area contributed by atoms with Crippen molar-refractivity contribution in [1.29, 1.82) is 0 Å². The second kappa shape index (κ2) is 7.22. The van der Waals surface area contributed by atoms with Crippen LogP contribution in [0.5, 0.6) is 0 Å². The van der Waals surface area contributed by atoms with Crippen LogP contribution in [0, 0.1) is 0 Å². The zero-order chi connectivity index (χ0) is 10.3. The van der Waals surface area contributed by atoms with Crippen molar-refractivity contribution in [3.05, 3.63) is 12.3 Å². The van der Waals surface area contributed by atoms with Gasteiger partial charge < -0.3 is 18.3 Å². The summed E-state index contributed by atoms with van der Waals surface area (Å²) in [5.41, 5.74) is 1.69. The minimum atomic E-state index is -1.85. The smallest absolute Gasteiger partial charge is 0.351 e. The molecule has 5 heteroatoms. The molecule has 0 spiro atoms. The van der Waals surface area contributed by atoms with E-state index in [1.54, 1.807) is 19.9 Å². The van der Waals surface area contributed by atoms with E-state index in [1.165, 1.54) is 0 Å². The molecule has 0 aliphatic heterocycles. The predicted molar refractivity (Wildman–Crippen MR) is 52.5 cm³/mol. The van der Waals surface area contributed by atoms with Crippen LogP contribution in [0.15, 0.2) is 12.3 Å². The monoisotopic (exact) mass is 206 g/mol. The molecule has 0 fully saturated rings. The lowest BCUT2D eigenvalue weighted by molar-refractivity contribution is -0.0900. The zero-order valence-electron chi connectivity index (χ0n) is 8.65. The van der Waals surface area contributed by atoms with Gasteiger partial charge in [0, 0.05) is 14.2 Å². The van der Waals surface area contributed by atoms with Crippen LogP contribution >= 0.6 is 0 Å². The molecule has 4 nitrogen and oxygen atoms in total. The highest BCUT2D eigenvalue weighted by Crippen LogP contribution is 2.02. The van der Waals surface area contributed by atoms with E-state index in [4.69, 9.17) is 18.3 Å². The lowest BCUT2D eigenvalue weighted by Gasteiger charge is -2.20. The van der Waals surface area contributed by atoms with Crippen LogP contribution in [0.4, 0.5) is 0 Å². The highest BCUT2D eigenvalue weighted by molar-refractivity contribution is 6.50. The number of methoxy groups -OCH3 is 2. The summed E-state index contributed by atoms with van der Waals surface area (Å²) in [6.07, 6.45) is -0.530. The second-order valence-corrected chi connectivity index (χ2v) is 4.24. The van der Waals surface area contributed by atoms with E-state index in [-0.39, 0.29) is 12.6 Å². The average Bonchev–Trinajstić information content (AvgIpc) is 2.16. The molecule has 0 radical (unpaired) electrons. The molecule has 0 N–H and O–H groups in total. The maximum Gasteiger partial charge on any atom is 0.351 e. The van der Waals surface area contributed by atoms with Crippen molar-refractivity contribution in [2.45, 2.75) is 26.4 Å². The van der Waals surface area contributed by atoms with E-state index in [1.807, 2.05) is 13.8 Å². The molecule has 0 amide bonds. The van der Waals surface area contributed by atoms with Crippen molar-refractivity contribution < 1.29 is 18.3 Å². The Morgan fingerprint density at radius 2 is 1.46 bits per heavy atom. The Labute approximate surface area is 81.3 Å². The van der Waals surface area contributed by atoms with E-state index < -0.39 is 9.28 Å². The summed E-state index contributed by atoms with van der Waals surface area (Å²) >= 11 is 0. The van der Waals surface area contributed by atoms with Crippen LogP contribution in [0.25, 0.3) is 0 Å². The first-order valence-corrected chi connectivity index (χ1v) is 5.74. The Hall–Kier alpha value is -0.203. The Bertz CT molecular complexity index is 130. The fourth-order valence-electron chi connectivity index (χ4n) is 0.632. The van der Waals surface area contributed by atoms with Crippen molar-refractivity contribution in [3.63, 3.8) is 0 Å². The zero-order valence-corrected chi connectivity index (χ0v) is 9.80. The largest absolute Gasteiger partial charge is 0.367 e. The number of hydrogen-bond donors (Lipinski definition) is 0. The summed E-state index contributed by atoms with van der Waals surface area (Å²) in [4.78, 5) is 0. The summed E-state index contributed by atoms with van der Waals surface area (Å²) in [6, 6.07) is 0. The van der Waals surface area contributed by atoms with E-state index >= 15 is 0 Å². The molecule has 2 atom stereocenters. The van der Waals surface area contributed by atoms with Gasteiger partial charge in [0.1, 0.15) is 12.6 Å². The predicted octanol–water partition coefficient (Wildman–Crippen LogP) is 0.950. The van der Waals surface area contributed by atoms with Gasteiger partial charge in [0.15, 0.2) is 0 Å². The first-order valence-electron chi connectivity index (χ1n) is 4.13. The van der Waals surface area contributed by atoms with Gasteiger partial charge in [-0.1, -0.05) is 5.70 Å². The van der Waals surface area contributed by atoms with Crippen molar-refractivity contribution in [2.24, 2.45) is 0 Å². The van der Waals surface area contributed by atoms with Crippen LogP contribution < -0.4 is 0 Å². The molecular formula is C8H18O4Si. The highest BCUT2D eigenvalue weighted by Gasteiger charge is 2.15. The lowest BCUT2D eigenvalue weighted by atomic mass is 10.8. The van der Waals surface area contributed by atoms with Crippen molar-refractivity contribution >= 4 is 9.28 Å². The first kappa shape index (κ1) is 12.8. The first-order chi connectivity index (χ1) is 6.13. The Morgan fingerprint density at radius 1 is 1.08 bits per heavy atom. The molecule has 0 aliphatic rings. The van der Waals surface area contributed by atoms with Crippen LogP contribution in [-0.2, 0) is 18.3 Å². The summed E-state index contributed by atoms with van der Waals surface area (Å²) in [5.74, 6) is 0. The van der Waals surface area contributed by atoms with Gasteiger partial charge in [0.25, 0.3) is 0 Å². The number of hydrogen-bond acceptors (Lipinski definition) is 4. The topological polar surface area (TPSA) is 36.9 Å². The summed E-state index contributed by atoms with van der Waals surface area (Å²) in [6.45, 7) is 7.26. The van der Waals surface area contributed by atoms with Gasteiger partial charge >= 0.3 is 9.28 Å². The summed E-state index contributed by atoms with van der Waals surface area (Å²) in [5, 5.41) is 0. The molecule has 0 aliphatic carbocycles. The molecule has 0 heterocycles. The highest BCUT2D eigenvalue weighted by atomic mass is 28.3. The molecule has 0 aromatic rings. The Kier molecular flexibility index (Phi) is 7.11. The van der Waals surface area contributed by atoms with E-state index in [9.17, 15) is 0 Å². The van der Waals surface area contributed by atoms with Crippen LogP contribution in [0.1, 0.15) is 13.8 Å². The second-order valence-electron chi connectivity index (χ2n) is 2.48. The van der Waals surface area contributed by atoms with Gasteiger partial charge in [-0.05, 0) is 13.8 Å². The molecule has 0 saturated carbocycles. The third-order valence-corrected chi connectivity index (χ3v) is 3.20. The molecule has 0 aromatic heterocycles. The van der Waals surface area contributed by atoms with Gasteiger partial charge in [0.2, 0.25) is 0 Å². The van der Waals surface area contributed by atoms with Gasteiger partial charge in [-0.3, -0.25) is 0 Å². The van der Waals surface area contributed by atoms with Gasteiger partial charge in [-0.25, -0.2) is 0 Å². The number of ether oxygens (including phenoxy) is 2. The lowest BCUT2D eigenvalue weighted by Crippen LogP contribution is -2.30. The standard InChI is InChI=1S/C8H18O4Si/c1-6-13(11-7(2)9-4)12-8(3)10-5/h6-8,13H,1H2,2-5H3. The maximum absolute atomic E-state index is 5.42. The molecule has 78 valence electrons. The minimum Gasteiger partial charge on any atom is -0.367 e. The fourth-order valence-corrected chi connectivity index (χ4v) is 1.90. The molecule has 2 unspecified atom stereocenters. The summed E-state index contributed by atoms with van der Waals surface area (Å²) in [7, 11) is 1.31. The summed E-state index contributed by atoms with van der Waals surface area (Å²) < 4.78 is 20.7. The molecule has 0 saturated heterocycles. The Balaban J connectivity index is 3.81. The average molecular weight is 206 g/mol. The molecule has 0 bridgehead atoms. The number of rotatable bonds is 7. The van der Waals surface area contributed by atoms with Crippen LogP contribution in [0.2, 0.25) is 0 Å². The van der Waals surface area contributed by atoms with Gasteiger partial charge in [-0.15, -0.1) is 6.58 Å². The Morgan fingerprint density at radius 3 is 1.69 bits per heavy atom. The van der Waals surface area contributed by atoms with Crippen molar-refractivity contribution in [1.82, 2.24) is 0 Å². The minimum absolute atomic E-state index is 0.265. The molecule has 0 aromatic carbocycles. The van der Waals surface area contributed by atoms with E-state index in [2.05, 4.69) is 6.58 Å². The van der Waals surface area contributed by atoms with Crippen molar-refractivity contribution in [2.75, 3.05) is 14.2 Å². The fraction of sp³-hybridized carbons (Fsp3) is 0.750. The van der Waals surface area contributed by atoms with Gasteiger partial charge in [-0.2, -0.15) is 0 Å².